The Balaban J connectivity index is 1.67. The van der Waals surface area contributed by atoms with E-state index in [1.165, 1.54) is 0 Å². The highest BCUT2D eigenvalue weighted by Gasteiger charge is 2.40. The van der Waals surface area contributed by atoms with Gasteiger partial charge in [-0.05, 0) is 45.3 Å². The molecule has 1 heterocycles. The highest BCUT2D eigenvalue weighted by atomic mass is 16.1. The van der Waals surface area contributed by atoms with E-state index >= 15 is 0 Å². The van der Waals surface area contributed by atoms with Gasteiger partial charge in [0.05, 0.1) is 12.0 Å². The second kappa shape index (κ2) is 7.32. The molecule has 2 aromatic rings. The Hall–Kier alpha value is -2.26. The molecule has 1 aliphatic heterocycles. The van der Waals surface area contributed by atoms with Gasteiger partial charge in [0, 0.05) is 5.56 Å². The Morgan fingerprint density at radius 3 is 2.12 bits per heavy atom. The third-order valence-corrected chi connectivity index (χ3v) is 5.45. The Kier molecular flexibility index (Phi) is 5.14. The molecule has 0 bridgehead atoms. The van der Waals surface area contributed by atoms with E-state index in [9.17, 15) is 9.59 Å². The van der Waals surface area contributed by atoms with E-state index in [0.717, 1.165) is 42.6 Å². The van der Waals surface area contributed by atoms with Crippen LogP contribution < -0.4 is 0 Å². The maximum Gasteiger partial charge on any atom is 0.176 e. The van der Waals surface area contributed by atoms with Crippen molar-refractivity contribution in [3.05, 3.63) is 71.3 Å². The summed E-state index contributed by atoms with van der Waals surface area (Å²) in [5, 5.41) is 0. The van der Waals surface area contributed by atoms with Gasteiger partial charge in [0.1, 0.15) is 5.78 Å². The van der Waals surface area contributed by atoms with Crippen molar-refractivity contribution in [3.8, 4) is 0 Å². The Bertz CT molecular complexity index is 741. The van der Waals surface area contributed by atoms with Gasteiger partial charge >= 0.3 is 0 Å². The largest absolute Gasteiger partial charge is 0.299 e. The summed E-state index contributed by atoms with van der Waals surface area (Å²) >= 11 is 0. The van der Waals surface area contributed by atoms with Crippen LogP contribution in [-0.2, 0) is 10.2 Å². The van der Waals surface area contributed by atoms with E-state index < -0.39 is 5.41 Å². The minimum atomic E-state index is -0.398. The number of ketones is 2. The van der Waals surface area contributed by atoms with Gasteiger partial charge in [-0.25, -0.2) is 0 Å². The van der Waals surface area contributed by atoms with Gasteiger partial charge in [0.2, 0.25) is 0 Å². The normalized spacial score (nSPS) is 17.2. The molecule has 0 amide bonds. The molecule has 0 aliphatic carbocycles. The van der Waals surface area contributed by atoms with E-state index in [1.807, 2.05) is 49.4 Å². The van der Waals surface area contributed by atoms with Crippen LogP contribution in [0.4, 0.5) is 0 Å². The van der Waals surface area contributed by atoms with Gasteiger partial charge in [0.15, 0.2) is 5.78 Å². The van der Waals surface area contributed by atoms with E-state index in [2.05, 4.69) is 17.0 Å². The molecular formula is C22H25NO2. The van der Waals surface area contributed by atoms with E-state index in [-0.39, 0.29) is 11.6 Å². The van der Waals surface area contributed by atoms with Gasteiger partial charge in [-0.1, -0.05) is 60.2 Å². The van der Waals surface area contributed by atoms with Crippen molar-refractivity contribution in [2.45, 2.75) is 32.1 Å². The number of hydrogen-bond acceptors (Lipinski definition) is 3. The lowest BCUT2D eigenvalue weighted by molar-refractivity contribution is -0.124. The summed E-state index contributed by atoms with van der Waals surface area (Å²) in [6.07, 6.45) is 1.54. The third-order valence-electron chi connectivity index (χ3n) is 5.45. The molecule has 25 heavy (non-hydrogen) atoms. The monoisotopic (exact) mass is 335 g/mol. The van der Waals surface area contributed by atoms with Crippen LogP contribution in [0.15, 0.2) is 54.6 Å². The minimum absolute atomic E-state index is 0.148. The molecule has 130 valence electrons. The van der Waals surface area contributed by atoms with Gasteiger partial charge in [-0.15, -0.1) is 0 Å². The van der Waals surface area contributed by atoms with Crippen molar-refractivity contribution in [3.63, 3.8) is 0 Å². The van der Waals surface area contributed by atoms with Gasteiger partial charge in [-0.3, -0.25) is 14.5 Å². The number of Topliss-reactive ketones (excluding diaryl/α,β-unsaturated/α-hetero) is 2. The first-order valence-electron chi connectivity index (χ1n) is 8.90. The number of nitrogens with zero attached hydrogens (tertiary/aromatic N) is 1. The van der Waals surface area contributed by atoms with Crippen LogP contribution in [0.5, 0.6) is 0 Å². The highest BCUT2D eigenvalue weighted by Crippen LogP contribution is 2.36. The summed E-state index contributed by atoms with van der Waals surface area (Å²) in [7, 11) is 0. The molecule has 0 saturated carbocycles. The summed E-state index contributed by atoms with van der Waals surface area (Å²) in [6, 6.07) is 17.8. The second-order valence-corrected chi connectivity index (χ2v) is 7.07. The minimum Gasteiger partial charge on any atom is -0.299 e. The van der Waals surface area contributed by atoms with Crippen molar-refractivity contribution in [2.75, 3.05) is 19.6 Å². The third kappa shape index (κ3) is 3.72. The fourth-order valence-corrected chi connectivity index (χ4v) is 3.73. The first kappa shape index (κ1) is 17.6. The number of carbonyl (C=O) groups excluding carboxylic acids is 2. The smallest absolute Gasteiger partial charge is 0.176 e. The van der Waals surface area contributed by atoms with Crippen LogP contribution in [-0.4, -0.2) is 36.1 Å². The van der Waals surface area contributed by atoms with Crippen LogP contribution >= 0.6 is 0 Å². The van der Waals surface area contributed by atoms with E-state index in [4.69, 9.17) is 0 Å². The van der Waals surface area contributed by atoms with Gasteiger partial charge < -0.3 is 0 Å². The number of carbonyl (C=O) groups is 2. The van der Waals surface area contributed by atoms with Crippen molar-refractivity contribution in [1.82, 2.24) is 4.90 Å². The lowest BCUT2D eigenvalue weighted by Gasteiger charge is -2.40. The highest BCUT2D eigenvalue weighted by molar-refractivity contribution is 5.97. The van der Waals surface area contributed by atoms with Crippen molar-refractivity contribution in [1.29, 1.82) is 0 Å². The number of rotatable bonds is 5. The molecular weight excluding hydrogens is 310 g/mol. The average molecular weight is 335 g/mol. The molecule has 0 unspecified atom stereocenters. The quantitative estimate of drug-likeness (QED) is 0.780. The second-order valence-electron chi connectivity index (χ2n) is 7.07. The zero-order valence-corrected chi connectivity index (χ0v) is 15.0. The fourth-order valence-electron chi connectivity index (χ4n) is 3.73. The fraction of sp³-hybridized carbons (Fsp3) is 0.364. The molecule has 0 aromatic heterocycles. The summed E-state index contributed by atoms with van der Waals surface area (Å²) in [5.41, 5.74) is 2.62. The number of aryl methyl sites for hydroxylation is 1. The molecule has 1 fully saturated rings. The van der Waals surface area contributed by atoms with E-state index in [0.29, 0.717) is 6.54 Å². The summed E-state index contributed by atoms with van der Waals surface area (Å²) in [4.78, 5) is 27.1. The molecule has 0 radical (unpaired) electrons. The zero-order valence-electron chi connectivity index (χ0n) is 15.0. The van der Waals surface area contributed by atoms with Crippen molar-refractivity contribution < 1.29 is 9.59 Å². The zero-order chi connectivity index (χ0) is 17.9. The standard InChI is InChI=1S/C22H25NO2/c1-17-8-10-19(11-9-17)21(25)16-23-14-12-22(13-15-23,18(2)24)20-6-4-3-5-7-20/h3-11H,12-16H2,1-2H3. The van der Waals surface area contributed by atoms with Crippen LogP contribution in [0, 0.1) is 6.92 Å². The SMILES string of the molecule is CC(=O)C1(c2ccccc2)CCN(CC(=O)c2ccc(C)cc2)CC1. The van der Waals surface area contributed by atoms with Crippen LogP contribution in [0.25, 0.3) is 0 Å². The Morgan fingerprint density at radius 1 is 0.960 bits per heavy atom. The Morgan fingerprint density at radius 2 is 1.56 bits per heavy atom. The average Bonchev–Trinajstić information content (AvgIpc) is 2.63. The number of piperidine rings is 1. The number of benzene rings is 2. The maximum absolute atomic E-state index is 12.5. The van der Waals surface area contributed by atoms with Gasteiger partial charge in [0.25, 0.3) is 0 Å². The molecule has 2 aromatic carbocycles. The lowest BCUT2D eigenvalue weighted by atomic mass is 9.70. The first-order chi connectivity index (χ1) is 12.0. The molecule has 0 N–H and O–H groups in total. The predicted octanol–water partition coefficient (Wildman–Crippen LogP) is 3.80. The molecule has 3 heteroatoms. The summed E-state index contributed by atoms with van der Waals surface area (Å²) in [6.45, 7) is 5.67. The maximum atomic E-state index is 12.5. The summed E-state index contributed by atoms with van der Waals surface area (Å²) in [5.74, 6) is 0.373. The van der Waals surface area contributed by atoms with Gasteiger partial charge in [-0.2, -0.15) is 0 Å². The van der Waals surface area contributed by atoms with E-state index in [1.54, 1.807) is 6.92 Å². The molecule has 1 saturated heterocycles. The molecule has 1 aliphatic rings. The predicted molar refractivity (Wildman–Crippen MR) is 100.0 cm³/mol. The number of likely N-dealkylation sites (tertiary alicyclic amines) is 1. The van der Waals surface area contributed by atoms with Crippen LogP contribution in [0.2, 0.25) is 0 Å². The first-order valence-corrected chi connectivity index (χ1v) is 8.90. The lowest BCUT2D eigenvalue weighted by Crippen LogP contribution is -2.47. The Labute approximate surface area is 149 Å². The molecule has 3 rings (SSSR count). The van der Waals surface area contributed by atoms with Crippen molar-refractivity contribution in [2.24, 2.45) is 0 Å². The number of hydrogen-bond donors (Lipinski definition) is 0. The molecule has 3 nitrogen and oxygen atoms in total. The van der Waals surface area contributed by atoms with Crippen LogP contribution in [0.3, 0.4) is 0 Å². The summed E-state index contributed by atoms with van der Waals surface area (Å²) < 4.78 is 0. The molecule has 0 spiro atoms. The topological polar surface area (TPSA) is 37.4 Å². The molecule has 0 atom stereocenters. The van der Waals surface area contributed by atoms with Crippen molar-refractivity contribution >= 4 is 11.6 Å². The van der Waals surface area contributed by atoms with Crippen LogP contribution in [0.1, 0.15) is 41.3 Å².